The summed E-state index contributed by atoms with van der Waals surface area (Å²) >= 11 is 0. The summed E-state index contributed by atoms with van der Waals surface area (Å²) in [5.74, 6) is 0.338. The molecule has 0 aliphatic carbocycles. The first-order valence-electron chi connectivity index (χ1n) is 5.39. The number of sulfone groups is 1. The van der Waals surface area contributed by atoms with Crippen molar-refractivity contribution in [3.8, 4) is 0 Å². The Morgan fingerprint density at radius 1 is 1.44 bits per heavy atom. The van der Waals surface area contributed by atoms with Crippen molar-refractivity contribution in [3.05, 3.63) is 0 Å². The van der Waals surface area contributed by atoms with E-state index in [1.807, 2.05) is 0 Å². The SMILES string of the molecule is CC(C)(CNC(=O)CC1CNC1)S(C)(=O)=O. The Bertz CT molecular complexity index is 358. The Balaban J connectivity index is 2.35. The number of carbonyl (C=O) groups excluding carboxylic acids is 1. The molecule has 1 amide bonds. The Hall–Kier alpha value is -0.620. The summed E-state index contributed by atoms with van der Waals surface area (Å²) in [5.41, 5.74) is 0. The summed E-state index contributed by atoms with van der Waals surface area (Å²) in [7, 11) is -3.15. The van der Waals surface area contributed by atoms with E-state index in [0.717, 1.165) is 13.1 Å². The average molecular weight is 248 g/mol. The van der Waals surface area contributed by atoms with Crippen LogP contribution in [0, 0.1) is 5.92 Å². The van der Waals surface area contributed by atoms with Gasteiger partial charge in [-0.1, -0.05) is 0 Å². The van der Waals surface area contributed by atoms with Crippen molar-refractivity contribution < 1.29 is 13.2 Å². The molecule has 0 saturated carbocycles. The first-order valence-corrected chi connectivity index (χ1v) is 7.28. The van der Waals surface area contributed by atoms with Crippen molar-refractivity contribution >= 4 is 15.7 Å². The van der Waals surface area contributed by atoms with Crippen molar-refractivity contribution in [3.63, 3.8) is 0 Å². The summed E-state index contributed by atoms with van der Waals surface area (Å²) in [4.78, 5) is 11.5. The molecular weight excluding hydrogens is 228 g/mol. The zero-order valence-electron chi connectivity index (χ0n) is 10.0. The van der Waals surface area contributed by atoms with Crippen LogP contribution in [0.15, 0.2) is 0 Å². The Morgan fingerprint density at radius 2 is 2.00 bits per heavy atom. The van der Waals surface area contributed by atoms with Gasteiger partial charge in [0.1, 0.15) is 0 Å². The van der Waals surface area contributed by atoms with Gasteiger partial charge in [0, 0.05) is 19.2 Å². The van der Waals surface area contributed by atoms with Gasteiger partial charge in [-0.15, -0.1) is 0 Å². The molecule has 5 nitrogen and oxygen atoms in total. The molecule has 2 N–H and O–H groups in total. The molecule has 0 unspecified atom stereocenters. The van der Waals surface area contributed by atoms with Crippen LogP contribution in [0.4, 0.5) is 0 Å². The molecule has 6 heteroatoms. The third kappa shape index (κ3) is 3.45. The van der Waals surface area contributed by atoms with Crippen molar-refractivity contribution in [1.82, 2.24) is 10.6 Å². The minimum Gasteiger partial charge on any atom is -0.355 e. The van der Waals surface area contributed by atoms with E-state index in [9.17, 15) is 13.2 Å². The van der Waals surface area contributed by atoms with Crippen LogP contribution in [0.25, 0.3) is 0 Å². The lowest BCUT2D eigenvalue weighted by atomic mass is 9.99. The first kappa shape index (κ1) is 13.4. The Morgan fingerprint density at radius 3 is 2.38 bits per heavy atom. The fourth-order valence-electron chi connectivity index (χ4n) is 1.27. The van der Waals surface area contributed by atoms with Gasteiger partial charge in [0.2, 0.25) is 5.91 Å². The predicted molar refractivity (Wildman–Crippen MR) is 62.9 cm³/mol. The number of hydrogen-bond acceptors (Lipinski definition) is 4. The second-order valence-electron chi connectivity index (χ2n) is 5.04. The molecule has 1 aliphatic rings. The highest BCUT2D eigenvalue weighted by Crippen LogP contribution is 2.14. The van der Waals surface area contributed by atoms with E-state index in [4.69, 9.17) is 0 Å². The quantitative estimate of drug-likeness (QED) is 0.690. The van der Waals surface area contributed by atoms with E-state index in [2.05, 4.69) is 10.6 Å². The minimum atomic E-state index is -3.15. The maximum absolute atomic E-state index is 11.5. The summed E-state index contributed by atoms with van der Waals surface area (Å²) in [6.07, 6.45) is 1.67. The molecule has 1 aliphatic heterocycles. The third-order valence-electron chi connectivity index (χ3n) is 3.06. The van der Waals surface area contributed by atoms with Gasteiger partial charge in [0.25, 0.3) is 0 Å². The topological polar surface area (TPSA) is 75.3 Å². The molecule has 94 valence electrons. The highest BCUT2D eigenvalue weighted by atomic mass is 32.2. The smallest absolute Gasteiger partial charge is 0.220 e. The van der Waals surface area contributed by atoms with E-state index in [-0.39, 0.29) is 12.5 Å². The lowest BCUT2D eigenvalue weighted by Crippen LogP contribution is -2.47. The van der Waals surface area contributed by atoms with Crippen LogP contribution in [0.5, 0.6) is 0 Å². The van der Waals surface area contributed by atoms with Crippen LogP contribution < -0.4 is 10.6 Å². The van der Waals surface area contributed by atoms with Gasteiger partial charge in [0.05, 0.1) is 4.75 Å². The van der Waals surface area contributed by atoms with Gasteiger partial charge in [-0.25, -0.2) is 8.42 Å². The summed E-state index contributed by atoms with van der Waals surface area (Å²) in [6.45, 7) is 5.16. The van der Waals surface area contributed by atoms with Crippen LogP contribution in [0.3, 0.4) is 0 Å². The van der Waals surface area contributed by atoms with E-state index in [1.165, 1.54) is 6.26 Å². The molecule has 1 saturated heterocycles. The maximum atomic E-state index is 11.5. The second kappa shape index (κ2) is 4.71. The van der Waals surface area contributed by atoms with Crippen molar-refractivity contribution in [2.45, 2.75) is 25.0 Å². The van der Waals surface area contributed by atoms with E-state index in [1.54, 1.807) is 13.8 Å². The fourth-order valence-corrected chi connectivity index (χ4v) is 1.60. The minimum absolute atomic E-state index is 0.0665. The van der Waals surface area contributed by atoms with Crippen molar-refractivity contribution in [2.24, 2.45) is 5.92 Å². The predicted octanol–water partition coefficient (Wildman–Crippen LogP) is -0.465. The number of carbonyl (C=O) groups is 1. The van der Waals surface area contributed by atoms with Gasteiger partial charge in [-0.3, -0.25) is 4.79 Å². The van der Waals surface area contributed by atoms with E-state index in [0.29, 0.717) is 12.3 Å². The molecule has 1 fully saturated rings. The lowest BCUT2D eigenvalue weighted by molar-refractivity contribution is -0.122. The Kier molecular flexibility index (Phi) is 3.96. The zero-order chi connectivity index (χ0) is 12.4. The zero-order valence-corrected chi connectivity index (χ0v) is 10.9. The lowest BCUT2D eigenvalue weighted by Gasteiger charge is -2.27. The van der Waals surface area contributed by atoms with E-state index >= 15 is 0 Å². The summed E-state index contributed by atoms with van der Waals surface area (Å²) < 4.78 is 21.9. The number of hydrogen-bond donors (Lipinski definition) is 2. The number of rotatable bonds is 5. The van der Waals surface area contributed by atoms with Crippen molar-refractivity contribution in [1.29, 1.82) is 0 Å². The maximum Gasteiger partial charge on any atom is 0.220 e. The summed E-state index contributed by atoms with van der Waals surface area (Å²) in [5, 5.41) is 5.77. The molecule has 16 heavy (non-hydrogen) atoms. The largest absolute Gasteiger partial charge is 0.355 e. The number of amides is 1. The normalized spacial score (nSPS) is 17.9. The standard InChI is InChI=1S/C10H20N2O3S/c1-10(2,16(3,14)15)7-12-9(13)4-8-5-11-6-8/h8,11H,4-7H2,1-3H3,(H,12,13). The molecule has 0 spiro atoms. The van der Waals surface area contributed by atoms with Gasteiger partial charge >= 0.3 is 0 Å². The first-order chi connectivity index (χ1) is 7.22. The molecule has 0 radical (unpaired) electrons. The molecule has 1 heterocycles. The molecule has 0 aromatic rings. The van der Waals surface area contributed by atoms with Crippen molar-refractivity contribution in [2.75, 3.05) is 25.9 Å². The van der Waals surface area contributed by atoms with E-state index < -0.39 is 14.6 Å². The molecular formula is C10H20N2O3S. The van der Waals surface area contributed by atoms with Crippen LogP contribution in [-0.2, 0) is 14.6 Å². The molecule has 0 atom stereocenters. The molecule has 1 rings (SSSR count). The Labute approximate surface area is 96.9 Å². The third-order valence-corrected chi connectivity index (χ3v) is 5.21. The second-order valence-corrected chi connectivity index (χ2v) is 7.69. The molecule has 0 bridgehead atoms. The van der Waals surface area contributed by atoms with Gasteiger partial charge in [-0.2, -0.15) is 0 Å². The average Bonchev–Trinajstić information content (AvgIpc) is 2.06. The van der Waals surface area contributed by atoms with Crippen LogP contribution in [-0.4, -0.2) is 45.0 Å². The fraction of sp³-hybridized carbons (Fsp3) is 0.900. The monoisotopic (exact) mass is 248 g/mol. The molecule has 0 aromatic carbocycles. The van der Waals surface area contributed by atoms with Gasteiger partial charge in [0.15, 0.2) is 9.84 Å². The van der Waals surface area contributed by atoms with Gasteiger partial charge < -0.3 is 10.6 Å². The molecule has 0 aromatic heterocycles. The highest BCUT2D eigenvalue weighted by molar-refractivity contribution is 7.92. The van der Waals surface area contributed by atoms with Gasteiger partial charge in [-0.05, 0) is 32.9 Å². The number of nitrogens with one attached hydrogen (secondary N) is 2. The summed E-state index contributed by atoms with van der Waals surface area (Å²) in [6, 6.07) is 0. The highest BCUT2D eigenvalue weighted by Gasteiger charge is 2.31. The van der Waals surface area contributed by atoms with Crippen LogP contribution in [0.1, 0.15) is 20.3 Å². The van der Waals surface area contributed by atoms with Crippen LogP contribution >= 0.6 is 0 Å². The van der Waals surface area contributed by atoms with Crippen LogP contribution in [0.2, 0.25) is 0 Å².